The standard InChI is InChI=1S/C55H83N17O21S3.C14H14N8O4S3.C14H17N5O3/c1-20-33(69-46(72-44(20)58)25(12-31(57)76)64-13-24(56)45(59)82)50(86)71-35(41(26-14-61-19-65-26)91-54-43(39(80)37(78)29(15-73)90-54)92-53-40(81)42(93-55(60)88)38(79)30(16-74)89-53)51(87)66-22(3)36(77)21(2)47(83)70-34(23(4)75)49(85)63-10-8-32-67-28(18-94-32)52-68-27(17-95-52)48(84)62-9-7-11-96(5)6;1-6-17-18-14(29-6)28-4-7-3-27-12-9(11(24)22(12)10(7)13(25)26)16-8(23)2-21-5-15-19-20-21;1-2-18-8-10(13(21)22)11(20)9-7-16-14(17-12(9)18)19-5-3-15-4-6-19/h14,17-19,21-25,29-30,34-43,53-54,64,73-75,77-81H,7-13,15-16,56H2,1-6H3,(H13-,57,58,59,60,61,62,63,65,66,69,70,71,72,76,82,83,84,85,86,87,88);5,9,12H,2-4H2,1H3,(H,16,23)(H,25,26);7-8,15H,2-6H2,1H3,(H,21,22)/p+1/t21-,22+,23+,24-,25-,29-,30+,34-,35-,36-,37+,38+,39-,40-,41-,42-,43-,53+,54-;9-,12-;/m01./s1. The van der Waals surface area contributed by atoms with Crippen LogP contribution >= 0.6 is 57.5 Å². The van der Waals surface area contributed by atoms with Gasteiger partial charge in [-0.1, -0.05) is 30.0 Å². The summed E-state index contributed by atoms with van der Waals surface area (Å²) in [4.78, 5) is 203. The van der Waals surface area contributed by atoms with E-state index in [2.05, 4.69) is 121 Å². The number of aromatic nitrogens is 15. The summed E-state index contributed by atoms with van der Waals surface area (Å²) in [5, 5.41) is 152. The van der Waals surface area contributed by atoms with Crippen LogP contribution in [-0.4, -0.2) is 400 Å². The number of nitrogens with two attached hydrogens (primary N) is 5. The SMILES string of the molecule is CCn1cc(C(=O)O)c(=O)c2cnc(N3CCNCC3)nc21.Cc1c(N)nc([C@H](CC(N)=O)NC[C@H](N)C(N)=O)nc1C(=O)N[C@H](C(=O)N[C@H](C)[C@@H](O)[C@H](C)C(=O)N[C@H](C(=O)NCCc1nc(-c2nc(C(=O)NCCC[S+](C)C)cs2)cs1)[C@@H](C)O)[C@@H](O[C@@H]1O[C@@H](CO)[C@@H](O)[C@H](O)[C@@H]1O[C@H]1O[C@H](CO)[C@@H](O)[C@H](OC(N)=O)[C@@H]1O)c1cnc[nH]1.Cc1nnc(SCC2=C(C(=O)O)N3C(=O)[C@@H](NC(=O)Cn4cnnn4)[C@H]3SC2)s1. The smallest absolute Gasteiger partial charge is 0.404 e. The van der Waals surface area contributed by atoms with Crippen molar-refractivity contribution in [1.82, 2.24) is 122 Å². The second kappa shape index (κ2) is 53.0. The number of anilines is 2. The van der Waals surface area contributed by atoms with E-state index in [1.54, 1.807) is 15.3 Å². The molecule has 10 amide bonds. The van der Waals surface area contributed by atoms with Gasteiger partial charge in [0.25, 0.3) is 17.7 Å². The Labute approximate surface area is 858 Å². The number of aliphatic hydroxyl groups excluding tert-OH is 8. The molecule has 0 unspecified atom stereocenters. The number of carbonyl (C=O) groups is 12. The first-order valence-electron chi connectivity index (χ1n) is 45.3. The van der Waals surface area contributed by atoms with Crippen LogP contribution in [0.5, 0.6) is 0 Å². The number of aliphatic carboxylic acids is 1. The zero-order chi connectivity index (χ0) is 107. The summed E-state index contributed by atoms with van der Waals surface area (Å²) < 4.78 is 32.4. The summed E-state index contributed by atoms with van der Waals surface area (Å²) in [7, 11) is 0.254. The van der Waals surface area contributed by atoms with Crippen LogP contribution in [0.1, 0.15) is 111 Å². The van der Waals surface area contributed by atoms with Gasteiger partial charge in [-0.25, -0.2) is 49.0 Å². The van der Waals surface area contributed by atoms with Crippen molar-refractivity contribution in [3.8, 4) is 10.7 Å². The number of amides is 10. The molecule has 4 fully saturated rings. The fourth-order valence-corrected chi connectivity index (χ4v) is 20.9. The topological polar surface area (TPSA) is 884 Å². The summed E-state index contributed by atoms with van der Waals surface area (Å²) in [6, 6.07) is -8.63. The number of aryl methyl sites for hydroxylation is 2. The molecule has 21 atom stereocenters. The lowest BCUT2D eigenvalue weighted by Crippen LogP contribution is -2.70. The summed E-state index contributed by atoms with van der Waals surface area (Å²) >= 11 is 6.77. The molecular formula is C83H115N30O28S6+. The summed E-state index contributed by atoms with van der Waals surface area (Å²) in [5.41, 5.74) is 28.4. The number of β-lactam (4-membered cyclic amide) rings is 1. The van der Waals surface area contributed by atoms with E-state index in [1.165, 1.54) is 114 Å². The molecular weight excluding hydrogens is 2060 g/mol. The van der Waals surface area contributed by atoms with Crippen LogP contribution < -0.4 is 81.5 Å². The Morgan fingerprint density at radius 3 is 2.15 bits per heavy atom. The number of H-pyrrole nitrogens is 1. The maximum absolute atomic E-state index is 15.2. The highest BCUT2D eigenvalue weighted by Gasteiger charge is 2.56. The molecule has 0 saturated carbocycles. The number of carboxylic acids is 2. The molecule has 13 rings (SSSR count). The van der Waals surface area contributed by atoms with Crippen molar-refractivity contribution in [3.05, 3.63) is 108 Å². The molecule has 0 bridgehead atoms. The Morgan fingerprint density at radius 1 is 0.796 bits per heavy atom. The monoisotopic (exact) mass is 2170 g/mol. The number of aromatic carboxylic acids is 1. The normalized spacial score (nSPS) is 22.1. The summed E-state index contributed by atoms with van der Waals surface area (Å²) in [5.74, 6) is -9.54. The van der Waals surface area contributed by atoms with Crippen molar-refractivity contribution in [1.29, 1.82) is 0 Å². The number of thiazole rings is 2. The van der Waals surface area contributed by atoms with Crippen LogP contribution in [0.25, 0.3) is 21.7 Å². The van der Waals surface area contributed by atoms with Crippen LogP contribution in [0.15, 0.2) is 62.4 Å². The number of carboxylic acid groups (broad SMARTS) is 2. The minimum Gasteiger partial charge on any atom is -0.477 e. The van der Waals surface area contributed by atoms with Crippen molar-refractivity contribution in [2.75, 3.05) is 99.4 Å². The predicted molar refractivity (Wildman–Crippen MR) is 523 cm³/mol. The van der Waals surface area contributed by atoms with E-state index in [1.807, 2.05) is 18.7 Å². The number of nitrogens with one attached hydrogen (secondary N) is 9. The molecule has 0 spiro atoms. The third kappa shape index (κ3) is 29.6. The Hall–Kier alpha value is -12.3. The molecule has 4 saturated heterocycles. The van der Waals surface area contributed by atoms with Gasteiger partial charge in [0.05, 0.1) is 90.6 Å². The molecule has 5 aliphatic rings. The minimum atomic E-state index is -2.20. The van der Waals surface area contributed by atoms with E-state index in [9.17, 15) is 103 Å². The molecule has 0 aromatic carbocycles. The van der Waals surface area contributed by atoms with Gasteiger partial charge in [0, 0.05) is 112 Å². The Kier molecular flexibility index (Phi) is 41.5. The number of pyridine rings is 1. The molecule has 0 radical (unpaired) electrons. The first-order chi connectivity index (χ1) is 69.9. The van der Waals surface area contributed by atoms with Gasteiger partial charge in [-0.05, 0) is 61.5 Å². The molecule has 64 heteroatoms. The maximum atomic E-state index is 15.2. The highest BCUT2D eigenvalue weighted by molar-refractivity contribution is 8.01. The Bertz CT molecular complexity index is 6040. The van der Waals surface area contributed by atoms with Crippen LogP contribution in [0, 0.1) is 19.8 Å². The first kappa shape index (κ1) is 115. The number of nitrogen functional groups attached to an aromatic ring is 1. The fourth-order valence-electron chi connectivity index (χ4n) is 15.3. The number of fused-ring (bicyclic) bond motifs is 2. The van der Waals surface area contributed by atoms with Gasteiger partial charge in [-0.15, -0.1) is 49.7 Å². The average molecular weight is 2170 g/mol. The lowest BCUT2D eigenvalue weighted by Gasteiger charge is -2.49. The third-order valence-corrected chi connectivity index (χ3v) is 29.5. The van der Waals surface area contributed by atoms with Gasteiger partial charge in [-0.2, -0.15) is 4.98 Å². The number of imidazole rings is 1. The predicted octanol–water partition coefficient (Wildman–Crippen LogP) is -8.42. The minimum absolute atomic E-state index is 0.00498. The molecule has 8 aromatic heterocycles. The van der Waals surface area contributed by atoms with Crippen molar-refractivity contribution in [2.24, 2.45) is 28.9 Å². The van der Waals surface area contributed by atoms with Gasteiger partial charge in [0.2, 0.25) is 46.8 Å². The number of nitrogens with zero attached hydrogens (tertiary/aromatic N) is 16. The average Bonchev–Trinajstić information content (AvgIpc) is 1.20. The first-order valence-corrected chi connectivity index (χ1v) is 52.1. The molecule has 8 aromatic rings. The Balaban J connectivity index is 0.000000320. The molecule has 800 valence electrons. The van der Waals surface area contributed by atoms with Gasteiger partial charge in [-0.3, -0.25) is 52.8 Å². The number of primary amides is 3. The number of piperazine rings is 1. The maximum Gasteiger partial charge on any atom is 0.404 e. The lowest BCUT2D eigenvalue weighted by atomic mass is 9.96. The molecule has 13 heterocycles. The van der Waals surface area contributed by atoms with Gasteiger partial charge in [0.1, 0.15) is 147 Å². The van der Waals surface area contributed by atoms with Crippen molar-refractivity contribution < 1.29 is 132 Å². The molecule has 58 nitrogen and oxygen atoms in total. The largest absolute Gasteiger partial charge is 0.477 e. The van der Waals surface area contributed by atoms with E-state index in [0.29, 0.717) is 57.5 Å². The fraction of sp³-hybridized carbons (Fsp3) is 0.554. The number of ether oxygens (including phenoxy) is 5. The number of tetrazole rings is 1. The number of thioether (sulfide) groups is 2. The number of hydrogen-bond donors (Lipinski definition) is 24. The van der Waals surface area contributed by atoms with Crippen molar-refractivity contribution in [3.63, 3.8) is 0 Å². The quantitative estimate of drug-likeness (QED) is 0.00729. The molecule has 0 aliphatic carbocycles. The zero-order valence-electron chi connectivity index (χ0n) is 80.0. The number of aromatic amines is 1. The number of carbonyl (C=O) groups excluding carboxylic acids is 10. The highest BCUT2D eigenvalue weighted by atomic mass is 32.2. The number of hydrogen-bond acceptors (Lipinski definition) is 48. The van der Waals surface area contributed by atoms with E-state index >= 15 is 4.79 Å². The van der Waals surface area contributed by atoms with E-state index in [4.69, 9.17) is 57.5 Å². The highest BCUT2D eigenvalue weighted by Crippen LogP contribution is 2.43. The number of rotatable bonds is 45. The molecule has 5 aliphatic heterocycles. The molecule has 29 N–H and O–H groups in total. The van der Waals surface area contributed by atoms with E-state index < -0.39 is 223 Å². The number of aliphatic hydroxyl groups is 8. The third-order valence-electron chi connectivity index (χ3n) is 23.2. The van der Waals surface area contributed by atoms with Crippen LogP contribution in [-0.2, 0) is 92.4 Å². The second-order valence-electron chi connectivity index (χ2n) is 34.0. The van der Waals surface area contributed by atoms with Crippen molar-refractivity contribution >= 4 is 162 Å². The summed E-state index contributed by atoms with van der Waals surface area (Å²) in [6.45, 7) is 10.6. The van der Waals surface area contributed by atoms with Crippen LogP contribution in [0.4, 0.5) is 16.6 Å². The lowest BCUT2D eigenvalue weighted by molar-refractivity contribution is -0.372. The summed E-state index contributed by atoms with van der Waals surface area (Å²) in [6.07, 6.45) is -15.9. The van der Waals surface area contributed by atoms with Gasteiger partial charge >= 0.3 is 18.0 Å². The van der Waals surface area contributed by atoms with E-state index in [0.717, 1.165) is 60.2 Å². The van der Waals surface area contributed by atoms with Gasteiger partial charge < -0.3 is 160 Å². The van der Waals surface area contributed by atoms with Crippen LogP contribution in [0.2, 0.25) is 0 Å². The second-order valence-corrected chi connectivity index (χ2v) is 41.7. The molecule has 147 heavy (non-hydrogen) atoms. The Morgan fingerprint density at radius 2 is 1.52 bits per heavy atom. The van der Waals surface area contributed by atoms with Crippen molar-refractivity contribution in [2.45, 2.75) is 200 Å². The zero-order valence-corrected chi connectivity index (χ0v) is 84.9. The van der Waals surface area contributed by atoms with E-state index in [-0.39, 0.29) is 88.1 Å². The van der Waals surface area contributed by atoms with Crippen LogP contribution in [0.3, 0.4) is 0 Å². The van der Waals surface area contributed by atoms with Gasteiger partial charge in [0.15, 0.2) is 23.0 Å².